The van der Waals surface area contributed by atoms with Crippen molar-refractivity contribution in [2.24, 2.45) is 0 Å². The zero-order chi connectivity index (χ0) is 14.4. The molecule has 0 unspecified atom stereocenters. The molecule has 0 saturated carbocycles. The van der Waals surface area contributed by atoms with Crippen LogP contribution in [0.2, 0.25) is 0 Å². The standard InChI is InChI=1S/C16H15N3O/c1-3-13-7-6-8-14(11-13)18-16(20)12-19(2)15-9-4-5-10-17-15/h1,4-11H,12H2,2H3,(H,18,20). The van der Waals surface area contributed by atoms with Crippen LogP contribution in [0.25, 0.3) is 0 Å². The lowest BCUT2D eigenvalue weighted by atomic mass is 10.2. The van der Waals surface area contributed by atoms with E-state index < -0.39 is 0 Å². The van der Waals surface area contributed by atoms with E-state index in [9.17, 15) is 4.79 Å². The number of hydrogen-bond donors (Lipinski definition) is 1. The van der Waals surface area contributed by atoms with Crippen LogP contribution in [-0.2, 0) is 4.79 Å². The number of hydrogen-bond acceptors (Lipinski definition) is 3. The highest BCUT2D eigenvalue weighted by atomic mass is 16.2. The van der Waals surface area contributed by atoms with Gasteiger partial charge in [0, 0.05) is 24.5 Å². The molecule has 2 aromatic rings. The number of carbonyl (C=O) groups excluding carboxylic acids is 1. The third-order valence-electron chi connectivity index (χ3n) is 2.73. The monoisotopic (exact) mass is 265 g/mol. The molecule has 2 rings (SSSR count). The van der Waals surface area contributed by atoms with E-state index in [1.165, 1.54) is 0 Å². The maximum Gasteiger partial charge on any atom is 0.243 e. The summed E-state index contributed by atoms with van der Waals surface area (Å²) in [5.41, 5.74) is 1.43. The van der Waals surface area contributed by atoms with Crippen molar-refractivity contribution in [2.75, 3.05) is 23.8 Å². The minimum atomic E-state index is -0.118. The lowest BCUT2D eigenvalue weighted by Gasteiger charge is -2.17. The number of rotatable bonds is 4. The number of nitrogens with zero attached hydrogens (tertiary/aromatic N) is 2. The number of benzene rings is 1. The molecule has 0 spiro atoms. The smallest absolute Gasteiger partial charge is 0.243 e. The van der Waals surface area contributed by atoms with Crippen LogP contribution in [0.3, 0.4) is 0 Å². The van der Waals surface area contributed by atoms with E-state index in [2.05, 4.69) is 16.2 Å². The molecule has 1 heterocycles. The van der Waals surface area contributed by atoms with Gasteiger partial charge >= 0.3 is 0 Å². The molecule has 1 aromatic heterocycles. The number of carbonyl (C=O) groups is 1. The Hall–Kier alpha value is -2.80. The minimum Gasteiger partial charge on any atom is -0.350 e. The zero-order valence-corrected chi connectivity index (χ0v) is 11.2. The van der Waals surface area contributed by atoms with Gasteiger partial charge < -0.3 is 10.2 Å². The Morgan fingerprint density at radius 2 is 2.20 bits per heavy atom. The first-order valence-corrected chi connectivity index (χ1v) is 6.18. The molecule has 0 saturated heterocycles. The first kappa shape index (κ1) is 13.6. The lowest BCUT2D eigenvalue weighted by molar-refractivity contribution is -0.114. The van der Waals surface area contributed by atoms with E-state index in [4.69, 9.17) is 6.42 Å². The van der Waals surface area contributed by atoms with Crippen LogP contribution in [0, 0.1) is 12.3 Å². The molecular weight excluding hydrogens is 250 g/mol. The summed E-state index contributed by atoms with van der Waals surface area (Å²) in [6, 6.07) is 12.8. The molecule has 0 fully saturated rings. The highest BCUT2D eigenvalue weighted by Crippen LogP contribution is 2.10. The Balaban J connectivity index is 1.97. The average Bonchev–Trinajstić information content (AvgIpc) is 2.48. The maximum atomic E-state index is 12.0. The van der Waals surface area contributed by atoms with Crippen LogP contribution in [0.4, 0.5) is 11.5 Å². The van der Waals surface area contributed by atoms with Gasteiger partial charge in [0.15, 0.2) is 0 Å². The van der Waals surface area contributed by atoms with Gasteiger partial charge in [-0.2, -0.15) is 0 Å². The van der Waals surface area contributed by atoms with Crippen LogP contribution in [-0.4, -0.2) is 24.5 Å². The second-order valence-electron chi connectivity index (χ2n) is 4.32. The molecule has 0 aliphatic heterocycles. The Morgan fingerprint density at radius 1 is 1.35 bits per heavy atom. The number of terminal acetylenes is 1. The van der Waals surface area contributed by atoms with Gasteiger partial charge in [-0.25, -0.2) is 4.98 Å². The van der Waals surface area contributed by atoms with E-state index in [1.54, 1.807) is 23.2 Å². The molecular formula is C16H15N3O. The predicted molar refractivity (Wildman–Crippen MR) is 80.5 cm³/mol. The first-order valence-electron chi connectivity index (χ1n) is 6.18. The molecule has 1 amide bonds. The van der Waals surface area contributed by atoms with Gasteiger partial charge in [-0.05, 0) is 30.3 Å². The lowest BCUT2D eigenvalue weighted by Crippen LogP contribution is -2.30. The Morgan fingerprint density at radius 3 is 2.90 bits per heavy atom. The summed E-state index contributed by atoms with van der Waals surface area (Å²) in [5.74, 6) is 3.17. The van der Waals surface area contributed by atoms with Gasteiger partial charge in [0.2, 0.25) is 5.91 Å². The fourth-order valence-electron chi connectivity index (χ4n) is 1.76. The van der Waals surface area contributed by atoms with Crippen molar-refractivity contribution in [3.05, 3.63) is 54.2 Å². The van der Waals surface area contributed by atoms with Crippen LogP contribution in [0.1, 0.15) is 5.56 Å². The zero-order valence-electron chi connectivity index (χ0n) is 11.2. The second kappa shape index (κ2) is 6.39. The van der Waals surface area contributed by atoms with Crippen molar-refractivity contribution in [1.82, 2.24) is 4.98 Å². The van der Waals surface area contributed by atoms with E-state index in [-0.39, 0.29) is 12.5 Å². The summed E-state index contributed by atoms with van der Waals surface area (Å²) in [5, 5.41) is 2.81. The van der Waals surface area contributed by atoms with Gasteiger partial charge in [-0.3, -0.25) is 4.79 Å². The highest BCUT2D eigenvalue weighted by molar-refractivity contribution is 5.94. The van der Waals surface area contributed by atoms with Crippen molar-refractivity contribution in [2.45, 2.75) is 0 Å². The number of likely N-dealkylation sites (N-methyl/N-ethyl adjacent to an activating group) is 1. The molecule has 0 radical (unpaired) electrons. The topological polar surface area (TPSA) is 45.2 Å². The molecule has 0 aliphatic carbocycles. The fourth-order valence-corrected chi connectivity index (χ4v) is 1.76. The molecule has 100 valence electrons. The predicted octanol–water partition coefficient (Wildman–Crippen LogP) is 2.14. The van der Waals surface area contributed by atoms with Crippen LogP contribution in [0.15, 0.2) is 48.7 Å². The van der Waals surface area contributed by atoms with Crippen LogP contribution < -0.4 is 10.2 Å². The van der Waals surface area contributed by atoms with Crippen molar-refractivity contribution < 1.29 is 4.79 Å². The normalized spacial score (nSPS) is 9.60. The first-order chi connectivity index (χ1) is 9.69. The number of nitrogens with one attached hydrogen (secondary N) is 1. The number of pyridine rings is 1. The number of anilines is 2. The SMILES string of the molecule is C#Cc1cccc(NC(=O)CN(C)c2ccccn2)c1. The quantitative estimate of drug-likeness (QED) is 0.861. The van der Waals surface area contributed by atoms with E-state index >= 15 is 0 Å². The van der Waals surface area contributed by atoms with Gasteiger partial charge in [0.25, 0.3) is 0 Å². The minimum absolute atomic E-state index is 0.118. The summed E-state index contributed by atoms with van der Waals surface area (Å²) in [7, 11) is 1.82. The Labute approximate surface area is 118 Å². The van der Waals surface area contributed by atoms with Crippen molar-refractivity contribution in [3.8, 4) is 12.3 Å². The second-order valence-corrected chi connectivity index (χ2v) is 4.32. The van der Waals surface area contributed by atoms with Crippen molar-refractivity contribution in [3.63, 3.8) is 0 Å². The Kier molecular flexibility index (Phi) is 4.35. The van der Waals surface area contributed by atoms with Gasteiger partial charge in [0.05, 0.1) is 6.54 Å². The molecule has 0 atom stereocenters. The summed E-state index contributed by atoms with van der Waals surface area (Å²) in [6.07, 6.45) is 7.02. The highest BCUT2D eigenvalue weighted by Gasteiger charge is 2.08. The molecule has 20 heavy (non-hydrogen) atoms. The maximum absolute atomic E-state index is 12.0. The molecule has 1 aromatic carbocycles. The van der Waals surface area contributed by atoms with Crippen molar-refractivity contribution in [1.29, 1.82) is 0 Å². The third-order valence-corrected chi connectivity index (χ3v) is 2.73. The molecule has 0 bridgehead atoms. The van der Waals surface area contributed by atoms with Gasteiger partial charge in [-0.15, -0.1) is 6.42 Å². The number of aromatic nitrogens is 1. The number of amides is 1. The Bertz CT molecular complexity index is 632. The van der Waals surface area contributed by atoms with Gasteiger partial charge in [-0.1, -0.05) is 18.1 Å². The fraction of sp³-hybridized carbons (Fsp3) is 0.125. The molecule has 4 nitrogen and oxygen atoms in total. The summed E-state index contributed by atoms with van der Waals surface area (Å²) in [6.45, 7) is 0.220. The largest absolute Gasteiger partial charge is 0.350 e. The van der Waals surface area contributed by atoms with Gasteiger partial charge in [0.1, 0.15) is 5.82 Å². The van der Waals surface area contributed by atoms with E-state index in [0.29, 0.717) is 5.69 Å². The van der Waals surface area contributed by atoms with Crippen LogP contribution in [0.5, 0.6) is 0 Å². The molecule has 1 N–H and O–H groups in total. The van der Waals surface area contributed by atoms with Crippen LogP contribution >= 0.6 is 0 Å². The van der Waals surface area contributed by atoms with Crippen molar-refractivity contribution >= 4 is 17.4 Å². The van der Waals surface area contributed by atoms with E-state index in [1.807, 2.05) is 37.4 Å². The summed E-state index contributed by atoms with van der Waals surface area (Å²) >= 11 is 0. The summed E-state index contributed by atoms with van der Waals surface area (Å²) < 4.78 is 0. The van der Waals surface area contributed by atoms with E-state index in [0.717, 1.165) is 11.4 Å². The molecule has 0 aliphatic rings. The summed E-state index contributed by atoms with van der Waals surface area (Å²) in [4.78, 5) is 17.9. The third kappa shape index (κ3) is 3.59. The average molecular weight is 265 g/mol. The molecule has 4 heteroatoms.